The molecule has 0 unspecified atom stereocenters. The molecule has 0 aliphatic heterocycles. The first-order chi connectivity index (χ1) is 7.51. The molecule has 1 nitrogen and oxygen atoms in total. The molecule has 1 aromatic rings. The summed E-state index contributed by atoms with van der Waals surface area (Å²) in [5.74, 6) is 0. The van der Waals surface area contributed by atoms with Crippen molar-refractivity contribution in [3.8, 4) is 0 Å². The van der Waals surface area contributed by atoms with Crippen molar-refractivity contribution in [3.63, 3.8) is 0 Å². The second-order valence-electron chi connectivity index (χ2n) is 4.56. The molecule has 0 spiro atoms. The Bertz CT molecular complexity index is 341. The minimum atomic E-state index is -1.50. The Kier molecular flexibility index (Phi) is 5.15. The lowest BCUT2D eigenvalue weighted by Gasteiger charge is -2.21. The van der Waals surface area contributed by atoms with Crippen LogP contribution in [-0.2, 0) is 4.43 Å². The molecule has 0 aliphatic carbocycles. The standard InChI is InChI=1S/C13H20OSSi/c1-5-9-13(14-16(2,3)4)15-12-10-7-6-8-11-12/h6-11H,5H2,1-4H3/b13-9+. The highest BCUT2D eigenvalue weighted by Crippen LogP contribution is 2.29. The van der Waals surface area contributed by atoms with Gasteiger partial charge in [-0.2, -0.15) is 0 Å². The summed E-state index contributed by atoms with van der Waals surface area (Å²) in [5.41, 5.74) is 0. The highest BCUT2D eigenvalue weighted by Gasteiger charge is 2.18. The highest BCUT2D eigenvalue weighted by atomic mass is 32.2. The molecule has 0 saturated heterocycles. The molecule has 1 aromatic carbocycles. The fourth-order valence-corrected chi connectivity index (χ4v) is 3.56. The van der Waals surface area contributed by atoms with E-state index < -0.39 is 8.32 Å². The molecule has 0 heterocycles. The van der Waals surface area contributed by atoms with E-state index in [-0.39, 0.29) is 0 Å². The Hall–Kier alpha value is -0.673. The van der Waals surface area contributed by atoms with Crippen molar-refractivity contribution in [1.82, 2.24) is 0 Å². The van der Waals surface area contributed by atoms with Gasteiger partial charge in [-0.3, -0.25) is 0 Å². The molecular weight excluding hydrogens is 232 g/mol. The van der Waals surface area contributed by atoms with E-state index in [0.29, 0.717) is 0 Å². The number of hydrogen-bond donors (Lipinski definition) is 0. The third-order valence-electron chi connectivity index (χ3n) is 1.74. The number of allylic oxidation sites excluding steroid dienone is 1. The first kappa shape index (κ1) is 13.4. The maximum atomic E-state index is 6.05. The van der Waals surface area contributed by atoms with Crippen LogP contribution in [0.15, 0.2) is 46.4 Å². The van der Waals surface area contributed by atoms with Crippen molar-refractivity contribution < 1.29 is 4.43 Å². The van der Waals surface area contributed by atoms with Gasteiger partial charge < -0.3 is 4.43 Å². The fraction of sp³-hybridized carbons (Fsp3) is 0.385. The van der Waals surface area contributed by atoms with E-state index in [9.17, 15) is 0 Å². The third kappa shape index (κ3) is 5.42. The molecule has 0 aromatic heterocycles. The van der Waals surface area contributed by atoms with Gasteiger partial charge in [-0.15, -0.1) is 0 Å². The summed E-state index contributed by atoms with van der Waals surface area (Å²) in [7, 11) is -1.50. The molecule has 0 N–H and O–H groups in total. The van der Waals surface area contributed by atoms with E-state index in [0.717, 1.165) is 11.5 Å². The topological polar surface area (TPSA) is 9.23 Å². The zero-order valence-electron chi connectivity index (χ0n) is 10.5. The van der Waals surface area contributed by atoms with Gasteiger partial charge in [-0.1, -0.05) is 36.9 Å². The van der Waals surface area contributed by atoms with Gasteiger partial charge in [0.1, 0.15) is 5.09 Å². The van der Waals surface area contributed by atoms with Crippen molar-refractivity contribution in [3.05, 3.63) is 41.5 Å². The molecule has 88 valence electrons. The van der Waals surface area contributed by atoms with Gasteiger partial charge in [-0.05, 0) is 44.3 Å². The minimum absolute atomic E-state index is 1.01. The second kappa shape index (κ2) is 6.16. The van der Waals surface area contributed by atoms with Gasteiger partial charge in [0.2, 0.25) is 8.32 Å². The van der Waals surface area contributed by atoms with Gasteiger partial charge >= 0.3 is 0 Å². The number of hydrogen-bond acceptors (Lipinski definition) is 2. The average molecular weight is 252 g/mol. The zero-order valence-corrected chi connectivity index (χ0v) is 12.3. The van der Waals surface area contributed by atoms with E-state index in [1.807, 2.05) is 6.07 Å². The van der Waals surface area contributed by atoms with Crippen LogP contribution in [0, 0.1) is 0 Å². The Morgan fingerprint density at radius 1 is 1.25 bits per heavy atom. The summed E-state index contributed by atoms with van der Waals surface area (Å²) in [6.45, 7) is 8.77. The summed E-state index contributed by atoms with van der Waals surface area (Å²) in [4.78, 5) is 1.24. The van der Waals surface area contributed by atoms with Gasteiger partial charge in [0, 0.05) is 4.90 Å². The average Bonchev–Trinajstić information content (AvgIpc) is 2.17. The molecule has 0 aliphatic rings. The smallest absolute Gasteiger partial charge is 0.242 e. The Morgan fingerprint density at radius 3 is 2.38 bits per heavy atom. The first-order valence-corrected chi connectivity index (χ1v) is 9.86. The van der Waals surface area contributed by atoms with Crippen molar-refractivity contribution in [1.29, 1.82) is 0 Å². The maximum Gasteiger partial charge on any atom is 0.242 e. The molecule has 0 bridgehead atoms. The van der Waals surface area contributed by atoms with E-state index in [4.69, 9.17) is 4.43 Å². The summed E-state index contributed by atoms with van der Waals surface area (Å²) in [6.07, 6.45) is 3.18. The predicted molar refractivity (Wildman–Crippen MR) is 75.1 cm³/mol. The van der Waals surface area contributed by atoms with Gasteiger partial charge in [0.15, 0.2) is 0 Å². The van der Waals surface area contributed by atoms with Crippen molar-refractivity contribution >= 4 is 20.1 Å². The summed E-state index contributed by atoms with van der Waals surface area (Å²) >= 11 is 1.71. The quantitative estimate of drug-likeness (QED) is 0.419. The molecule has 0 radical (unpaired) electrons. The van der Waals surface area contributed by atoms with Crippen LogP contribution in [-0.4, -0.2) is 8.32 Å². The molecule has 0 atom stereocenters. The van der Waals surface area contributed by atoms with Crippen LogP contribution >= 0.6 is 11.8 Å². The summed E-state index contributed by atoms with van der Waals surface area (Å²) in [5, 5.41) is 1.05. The van der Waals surface area contributed by atoms with Gasteiger partial charge in [0.05, 0.1) is 0 Å². The second-order valence-corrected chi connectivity index (χ2v) is 10.1. The Balaban J connectivity index is 2.70. The van der Waals surface area contributed by atoms with Crippen LogP contribution in [0.2, 0.25) is 19.6 Å². The Labute approximate surface area is 104 Å². The summed E-state index contributed by atoms with van der Waals surface area (Å²) in [6, 6.07) is 10.4. The lowest BCUT2D eigenvalue weighted by Crippen LogP contribution is -2.24. The summed E-state index contributed by atoms with van der Waals surface area (Å²) < 4.78 is 6.05. The van der Waals surface area contributed by atoms with Crippen molar-refractivity contribution in [2.24, 2.45) is 0 Å². The maximum absolute atomic E-state index is 6.05. The van der Waals surface area contributed by atoms with Crippen LogP contribution in [0.5, 0.6) is 0 Å². The number of rotatable bonds is 5. The monoisotopic (exact) mass is 252 g/mol. The van der Waals surface area contributed by atoms with Crippen molar-refractivity contribution in [2.45, 2.75) is 37.9 Å². The first-order valence-electron chi connectivity index (χ1n) is 5.63. The van der Waals surface area contributed by atoms with Gasteiger partial charge in [-0.25, -0.2) is 0 Å². The molecule has 3 heteroatoms. The van der Waals surface area contributed by atoms with E-state index in [1.54, 1.807) is 11.8 Å². The van der Waals surface area contributed by atoms with Crippen molar-refractivity contribution in [2.75, 3.05) is 0 Å². The van der Waals surface area contributed by atoms with Gasteiger partial charge in [0.25, 0.3) is 0 Å². The normalized spacial score (nSPS) is 12.6. The molecule has 1 rings (SSSR count). The highest BCUT2D eigenvalue weighted by molar-refractivity contribution is 8.03. The molecular formula is C13H20OSSi. The Morgan fingerprint density at radius 2 is 1.88 bits per heavy atom. The number of benzene rings is 1. The lowest BCUT2D eigenvalue weighted by molar-refractivity contribution is 0.461. The van der Waals surface area contributed by atoms with E-state index in [1.165, 1.54) is 4.90 Å². The van der Waals surface area contributed by atoms with Crippen LogP contribution in [0.25, 0.3) is 0 Å². The van der Waals surface area contributed by atoms with Crippen LogP contribution < -0.4 is 0 Å². The molecule has 0 saturated carbocycles. The van der Waals surface area contributed by atoms with Crippen LogP contribution in [0.3, 0.4) is 0 Å². The molecule has 0 amide bonds. The largest absolute Gasteiger partial charge is 0.540 e. The third-order valence-corrected chi connectivity index (χ3v) is 3.68. The SMILES string of the molecule is CC/C=C(\O[Si](C)(C)C)Sc1ccccc1. The van der Waals surface area contributed by atoms with Crippen LogP contribution in [0.1, 0.15) is 13.3 Å². The lowest BCUT2D eigenvalue weighted by atomic mass is 10.4. The van der Waals surface area contributed by atoms with E-state index >= 15 is 0 Å². The predicted octanol–water partition coefficient (Wildman–Crippen LogP) is 4.88. The van der Waals surface area contributed by atoms with Crippen LogP contribution in [0.4, 0.5) is 0 Å². The zero-order chi connectivity index (χ0) is 12.0. The minimum Gasteiger partial charge on any atom is -0.540 e. The number of thioether (sulfide) groups is 1. The van der Waals surface area contributed by atoms with E-state index in [2.05, 4.69) is 56.9 Å². The molecule has 0 fully saturated rings. The molecule has 16 heavy (non-hydrogen) atoms. The fourth-order valence-electron chi connectivity index (χ4n) is 1.18.